The number of hydrogen-bond acceptors (Lipinski definition) is 4. The van der Waals surface area contributed by atoms with E-state index in [1.54, 1.807) is 0 Å². The highest BCUT2D eigenvalue weighted by molar-refractivity contribution is 5.94. The van der Waals surface area contributed by atoms with Crippen LogP contribution in [0, 0.1) is 5.92 Å². The zero-order valence-corrected chi connectivity index (χ0v) is 11.2. The molecule has 0 radical (unpaired) electrons. The largest absolute Gasteiger partial charge is 0.370 e. The fourth-order valence-electron chi connectivity index (χ4n) is 3.15. The van der Waals surface area contributed by atoms with Crippen LogP contribution in [0.1, 0.15) is 25.4 Å². The van der Waals surface area contributed by atoms with Crippen molar-refractivity contribution >= 4 is 22.9 Å². The van der Waals surface area contributed by atoms with Gasteiger partial charge in [0.25, 0.3) is 0 Å². The minimum Gasteiger partial charge on any atom is -0.370 e. The van der Waals surface area contributed by atoms with Gasteiger partial charge >= 0.3 is 0 Å². The van der Waals surface area contributed by atoms with Gasteiger partial charge in [0.2, 0.25) is 5.95 Å². The normalized spacial score (nSPS) is 25.1. The van der Waals surface area contributed by atoms with E-state index in [0.29, 0.717) is 11.9 Å². The van der Waals surface area contributed by atoms with Crippen LogP contribution in [0.4, 0.5) is 5.95 Å². The second-order valence-electron chi connectivity index (χ2n) is 5.39. The van der Waals surface area contributed by atoms with Crippen molar-refractivity contribution in [3.05, 3.63) is 36.4 Å². The molecule has 1 aliphatic carbocycles. The highest BCUT2D eigenvalue weighted by Gasteiger charge is 2.30. The summed E-state index contributed by atoms with van der Waals surface area (Å²) in [5.74, 6) is 1.75. The van der Waals surface area contributed by atoms with Crippen molar-refractivity contribution in [2.75, 3.05) is 5.32 Å². The van der Waals surface area contributed by atoms with E-state index in [0.717, 1.165) is 36.2 Å². The zero-order chi connectivity index (χ0) is 13.5. The van der Waals surface area contributed by atoms with Crippen LogP contribution in [0.2, 0.25) is 0 Å². The lowest BCUT2D eigenvalue weighted by molar-refractivity contribution is 0.321. The molecule has 0 unspecified atom stereocenters. The van der Waals surface area contributed by atoms with Gasteiger partial charge in [0.05, 0.1) is 11.0 Å². The average Bonchev–Trinajstić information content (AvgIpc) is 2.85. The molecule has 5 heteroatoms. The molecule has 5 nitrogen and oxygen atoms in total. The Hall–Kier alpha value is -2.30. The number of fused-ring (bicyclic) bond motifs is 3. The molecule has 0 spiro atoms. The Morgan fingerprint density at radius 3 is 3.00 bits per heavy atom. The van der Waals surface area contributed by atoms with Crippen LogP contribution < -0.4 is 11.1 Å². The molecule has 2 atom stereocenters. The molecule has 102 valence electrons. The van der Waals surface area contributed by atoms with Crippen LogP contribution in [-0.2, 0) is 0 Å². The molecule has 2 heterocycles. The second kappa shape index (κ2) is 4.37. The van der Waals surface area contributed by atoms with Crippen LogP contribution >= 0.6 is 0 Å². The van der Waals surface area contributed by atoms with Crippen molar-refractivity contribution in [2.24, 2.45) is 16.6 Å². The van der Waals surface area contributed by atoms with Gasteiger partial charge in [-0.1, -0.05) is 24.3 Å². The maximum absolute atomic E-state index is 5.94. The second-order valence-corrected chi connectivity index (χ2v) is 5.39. The molecule has 1 aromatic heterocycles. The van der Waals surface area contributed by atoms with E-state index >= 15 is 0 Å². The van der Waals surface area contributed by atoms with E-state index in [1.807, 2.05) is 18.2 Å². The van der Waals surface area contributed by atoms with Gasteiger partial charge in [0.1, 0.15) is 6.17 Å². The SMILES string of the molecule is NC1=N[C@H]([C@H]2CC=CCC2)n2c(nc3ccccc32)N1. The van der Waals surface area contributed by atoms with Crippen LogP contribution in [0.25, 0.3) is 11.0 Å². The number of para-hydroxylation sites is 2. The number of nitrogens with two attached hydrogens (primary N) is 1. The number of nitrogens with zero attached hydrogens (tertiary/aromatic N) is 3. The minimum atomic E-state index is 0.0450. The molecule has 2 aromatic rings. The Morgan fingerprint density at radius 2 is 2.15 bits per heavy atom. The van der Waals surface area contributed by atoms with E-state index in [4.69, 9.17) is 5.73 Å². The van der Waals surface area contributed by atoms with Crippen molar-refractivity contribution in [3.8, 4) is 0 Å². The van der Waals surface area contributed by atoms with Gasteiger partial charge in [-0.25, -0.2) is 9.98 Å². The molecule has 4 rings (SSSR count). The number of allylic oxidation sites excluding steroid dienone is 2. The van der Waals surface area contributed by atoms with Gasteiger partial charge in [-0.3, -0.25) is 9.88 Å². The van der Waals surface area contributed by atoms with E-state index in [2.05, 4.69) is 38.1 Å². The van der Waals surface area contributed by atoms with Crippen LogP contribution in [0.5, 0.6) is 0 Å². The third-order valence-corrected chi connectivity index (χ3v) is 4.10. The molecule has 0 amide bonds. The van der Waals surface area contributed by atoms with Crippen LogP contribution in [-0.4, -0.2) is 15.5 Å². The Kier molecular flexibility index (Phi) is 2.52. The summed E-state index contributed by atoms with van der Waals surface area (Å²) in [4.78, 5) is 9.26. The van der Waals surface area contributed by atoms with E-state index in [-0.39, 0.29) is 6.17 Å². The summed E-state index contributed by atoms with van der Waals surface area (Å²) in [7, 11) is 0. The summed E-state index contributed by atoms with van der Waals surface area (Å²) in [6.45, 7) is 0. The van der Waals surface area contributed by atoms with Crippen LogP contribution in [0.15, 0.2) is 41.4 Å². The fourth-order valence-corrected chi connectivity index (χ4v) is 3.15. The number of aliphatic imine (C=N–C) groups is 1. The first-order valence-corrected chi connectivity index (χ1v) is 7.05. The third-order valence-electron chi connectivity index (χ3n) is 4.10. The van der Waals surface area contributed by atoms with Gasteiger partial charge in [-0.2, -0.15) is 0 Å². The van der Waals surface area contributed by atoms with Crippen molar-refractivity contribution in [2.45, 2.75) is 25.4 Å². The predicted molar refractivity (Wildman–Crippen MR) is 80.5 cm³/mol. The highest BCUT2D eigenvalue weighted by atomic mass is 15.4. The van der Waals surface area contributed by atoms with E-state index < -0.39 is 0 Å². The maximum Gasteiger partial charge on any atom is 0.212 e. The number of benzene rings is 1. The third kappa shape index (κ3) is 1.70. The van der Waals surface area contributed by atoms with Gasteiger partial charge in [0.15, 0.2) is 5.96 Å². The number of nitrogens with one attached hydrogen (secondary N) is 1. The maximum atomic E-state index is 5.94. The first kappa shape index (κ1) is 11.5. The molecule has 1 aromatic carbocycles. The Morgan fingerprint density at radius 1 is 1.25 bits per heavy atom. The molecule has 2 aliphatic rings. The quantitative estimate of drug-likeness (QED) is 0.780. The molecule has 0 saturated heterocycles. The molecule has 1 aliphatic heterocycles. The summed E-state index contributed by atoms with van der Waals surface area (Å²) in [5.41, 5.74) is 8.04. The van der Waals surface area contributed by atoms with Crippen molar-refractivity contribution in [1.82, 2.24) is 9.55 Å². The molecule has 3 N–H and O–H groups in total. The summed E-state index contributed by atoms with van der Waals surface area (Å²) in [6, 6.07) is 8.16. The Bertz CT molecular complexity index is 712. The molecular weight excluding hydrogens is 250 g/mol. The minimum absolute atomic E-state index is 0.0450. The van der Waals surface area contributed by atoms with Crippen LogP contribution in [0.3, 0.4) is 0 Å². The number of anilines is 1. The summed E-state index contributed by atoms with van der Waals surface area (Å²) >= 11 is 0. The first-order valence-electron chi connectivity index (χ1n) is 7.05. The predicted octanol–water partition coefficient (Wildman–Crippen LogP) is 2.63. The van der Waals surface area contributed by atoms with E-state index in [9.17, 15) is 0 Å². The van der Waals surface area contributed by atoms with Gasteiger partial charge in [0, 0.05) is 5.92 Å². The number of aromatic nitrogens is 2. The molecule has 0 fully saturated rings. The fraction of sp³-hybridized carbons (Fsp3) is 0.333. The molecule has 20 heavy (non-hydrogen) atoms. The van der Waals surface area contributed by atoms with Gasteiger partial charge in [-0.05, 0) is 31.4 Å². The summed E-state index contributed by atoms with van der Waals surface area (Å²) in [5, 5.41) is 3.08. The summed E-state index contributed by atoms with van der Waals surface area (Å²) in [6.07, 6.45) is 7.85. The monoisotopic (exact) mass is 267 g/mol. The molecule has 0 bridgehead atoms. The molecule has 0 saturated carbocycles. The highest BCUT2D eigenvalue weighted by Crippen LogP contribution is 2.37. The van der Waals surface area contributed by atoms with Crippen molar-refractivity contribution in [1.29, 1.82) is 0 Å². The zero-order valence-electron chi connectivity index (χ0n) is 11.2. The first-order chi connectivity index (χ1) is 9.83. The lowest BCUT2D eigenvalue weighted by Gasteiger charge is -2.30. The topological polar surface area (TPSA) is 68.2 Å². The lowest BCUT2D eigenvalue weighted by Crippen LogP contribution is -2.34. The Labute approximate surface area is 117 Å². The van der Waals surface area contributed by atoms with Crippen molar-refractivity contribution < 1.29 is 0 Å². The lowest BCUT2D eigenvalue weighted by atomic mass is 9.91. The van der Waals surface area contributed by atoms with Gasteiger partial charge in [-0.15, -0.1) is 0 Å². The average molecular weight is 267 g/mol. The standard InChI is InChI=1S/C15H17N5/c16-14-18-13(10-6-2-1-3-7-10)20-12-9-5-4-8-11(12)17-15(20)19-14/h1-2,4-5,8-10,13H,3,6-7H2,(H3,16,17,18,19)/t10-,13-/m0/s1. The Balaban J connectivity index is 1.86. The number of rotatable bonds is 1. The summed E-state index contributed by atoms with van der Waals surface area (Å²) < 4.78 is 2.19. The van der Waals surface area contributed by atoms with Gasteiger partial charge < -0.3 is 5.73 Å². The van der Waals surface area contributed by atoms with E-state index in [1.165, 1.54) is 0 Å². The smallest absolute Gasteiger partial charge is 0.212 e. The van der Waals surface area contributed by atoms with Crippen molar-refractivity contribution in [3.63, 3.8) is 0 Å². The number of guanidine groups is 1. The number of imidazole rings is 1. The molecular formula is C15H17N5. The number of hydrogen-bond donors (Lipinski definition) is 2.